The van der Waals surface area contributed by atoms with Gasteiger partial charge in [0.1, 0.15) is 11.3 Å². The van der Waals surface area contributed by atoms with Gasteiger partial charge in [-0.15, -0.1) is 0 Å². The Balaban J connectivity index is 1.37. The van der Waals surface area contributed by atoms with E-state index >= 15 is 0 Å². The van der Waals surface area contributed by atoms with E-state index in [0.29, 0.717) is 38.2 Å². The highest BCUT2D eigenvalue weighted by Crippen LogP contribution is 2.27. The molecule has 0 saturated carbocycles. The number of phenols is 1. The Morgan fingerprint density at radius 2 is 1.91 bits per heavy atom. The molecule has 1 aromatic heterocycles. The second kappa shape index (κ2) is 13.9. The van der Waals surface area contributed by atoms with Gasteiger partial charge in [-0.2, -0.15) is 0 Å². The van der Waals surface area contributed by atoms with Gasteiger partial charge in [0.15, 0.2) is 0 Å². The molecule has 2 aromatic carbocycles. The number of ether oxygens (including phenoxy) is 1. The van der Waals surface area contributed by atoms with Crippen molar-refractivity contribution < 1.29 is 14.6 Å². The van der Waals surface area contributed by atoms with Crippen LogP contribution in [0.15, 0.2) is 47.3 Å². The fraction of sp³-hybridized carbons (Fsp3) is 0.462. The summed E-state index contributed by atoms with van der Waals surface area (Å²) in [6.07, 6.45) is 4.02. The fourth-order valence-corrected chi connectivity index (χ4v) is 4.69. The van der Waals surface area contributed by atoms with Crippen LogP contribution in [-0.4, -0.2) is 60.3 Å². The smallest absolute Gasteiger partial charge is 0.305 e. The van der Waals surface area contributed by atoms with Crippen LogP contribution in [0.5, 0.6) is 5.75 Å². The summed E-state index contributed by atoms with van der Waals surface area (Å²) in [5.41, 5.74) is 2.77. The number of nitrogens with one attached hydrogen (secondary N) is 2. The number of carbonyl (C=O) groups excluding carboxylic acids is 1. The second-order valence-electron chi connectivity index (χ2n) is 8.29. The molecule has 0 aliphatic carbocycles. The number of aromatic hydroxyl groups is 1. The minimum Gasteiger partial charge on any atom is -0.506 e. The minimum absolute atomic E-state index is 0.0965. The van der Waals surface area contributed by atoms with Crippen molar-refractivity contribution >= 4 is 27.5 Å². The van der Waals surface area contributed by atoms with Crippen LogP contribution in [0.25, 0.3) is 10.2 Å². The van der Waals surface area contributed by atoms with E-state index in [1.807, 2.05) is 29.2 Å². The Labute approximate surface area is 204 Å². The van der Waals surface area contributed by atoms with Crippen molar-refractivity contribution in [2.45, 2.75) is 39.0 Å². The maximum Gasteiger partial charge on any atom is 0.305 e. The normalized spacial score (nSPS) is 11.2. The Kier molecular flexibility index (Phi) is 10.6. The number of benzene rings is 2. The molecule has 1 heterocycles. The zero-order chi connectivity index (χ0) is 24.2. The molecule has 184 valence electrons. The van der Waals surface area contributed by atoms with Crippen molar-refractivity contribution in [3.05, 3.63) is 63.3 Å². The number of hydrogen-bond acceptors (Lipinski definition) is 6. The number of nitrogens with zero attached hydrogens (tertiary/aromatic N) is 1. The highest BCUT2D eigenvalue weighted by atomic mass is 32.1. The first-order valence-corrected chi connectivity index (χ1v) is 12.8. The number of H-pyrrole nitrogens is 1. The number of carbonyl (C=O) groups is 1. The zero-order valence-electron chi connectivity index (χ0n) is 19.8. The van der Waals surface area contributed by atoms with E-state index < -0.39 is 0 Å². The van der Waals surface area contributed by atoms with Crippen LogP contribution in [0, 0.1) is 0 Å². The van der Waals surface area contributed by atoms with Gasteiger partial charge in [-0.1, -0.05) is 61.1 Å². The first-order chi connectivity index (χ1) is 16.6. The molecule has 0 radical (unpaired) electrons. The molecule has 0 unspecified atom stereocenters. The van der Waals surface area contributed by atoms with E-state index in [2.05, 4.69) is 29.4 Å². The van der Waals surface area contributed by atoms with Gasteiger partial charge in [0.25, 0.3) is 0 Å². The summed E-state index contributed by atoms with van der Waals surface area (Å²) in [7, 11) is 0. The van der Waals surface area contributed by atoms with Crippen molar-refractivity contribution in [2.24, 2.45) is 0 Å². The number of amides is 1. The minimum atomic E-state index is -0.167. The number of phenolic OH excluding ortho intramolecular Hbond substituents is 1. The number of hydrogen-bond donors (Lipinski definition) is 3. The van der Waals surface area contributed by atoms with Gasteiger partial charge in [0.05, 0.1) is 24.3 Å². The number of aromatic nitrogens is 1. The lowest BCUT2D eigenvalue weighted by Crippen LogP contribution is -2.38. The topological polar surface area (TPSA) is 94.7 Å². The standard InChI is InChI=1S/C26H35N3O4S/c1-2-3-16-29(23(31)13-19-33-18-12-20-7-5-4-6-8-20)17-15-27-14-11-21-9-10-22(30)24-25(21)34-26(32)28-24/h4-10,27,30H,2-3,11-19H2,1H3,(H,28,32). The fourth-order valence-electron chi connectivity index (χ4n) is 3.80. The highest BCUT2D eigenvalue weighted by Gasteiger charge is 2.13. The third-order valence-electron chi connectivity index (χ3n) is 5.74. The lowest BCUT2D eigenvalue weighted by molar-refractivity contribution is -0.132. The van der Waals surface area contributed by atoms with Crippen molar-refractivity contribution in [2.75, 3.05) is 39.4 Å². The molecule has 3 aromatic rings. The van der Waals surface area contributed by atoms with E-state index in [1.54, 1.807) is 6.07 Å². The summed E-state index contributed by atoms with van der Waals surface area (Å²) >= 11 is 1.12. The first-order valence-electron chi connectivity index (χ1n) is 12.0. The summed E-state index contributed by atoms with van der Waals surface area (Å²) in [5.74, 6) is 0.228. The SMILES string of the molecule is CCCCN(CCNCCc1ccc(O)c2[nH]c(=O)sc12)C(=O)CCOCCc1ccccc1. The van der Waals surface area contributed by atoms with Gasteiger partial charge in [-0.3, -0.25) is 9.59 Å². The Morgan fingerprint density at radius 3 is 2.71 bits per heavy atom. The molecule has 0 fully saturated rings. The second-order valence-corrected chi connectivity index (χ2v) is 9.28. The maximum atomic E-state index is 12.7. The molecule has 34 heavy (non-hydrogen) atoms. The quantitative estimate of drug-likeness (QED) is 0.285. The molecule has 3 rings (SSSR count). The molecule has 7 nitrogen and oxygen atoms in total. The van der Waals surface area contributed by atoms with Gasteiger partial charge < -0.3 is 25.0 Å². The van der Waals surface area contributed by atoms with E-state index in [0.717, 1.165) is 60.4 Å². The van der Waals surface area contributed by atoms with Gasteiger partial charge in [-0.25, -0.2) is 0 Å². The average Bonchev–Trinajstić information content (AvgIpc) is 3.25. The summed E-state index contributed by atoms with van der Waals surface area (Å²) in [6.45, 7) is 6.04. The van der Waals surface area contributed by atoms with Crippen molar-refractivity contribution in [1.29, 1.82) is 0 Å². The van der Waals surface area contributed by atoms with Crippen LogP contribution < -0.4 is 10.2 Å². The van der Waals surface area contributed by atoms with Crippen LogP contribution in [0.1, 0.15) is 37.3 Å². The predicted molar refractivity (Wildman–Crippen MR) is 138 cm³/mol. The molecule has 3 N–H and O–H groups in total. The van der Waals surface area contributed by atoms with Crippen LogP contribution in [-0.2, 0) is 22.4 Å². The number of unbranched alkanes of at least 4 members (excludes halogenated alkanes) is 1. The predicted octanol–water partition coefficient (Wildman–Crippen LogP) is 3.71. The molecular weight excluding hydrogens is 450 g/mol. The van der Waals surface area contributed by atoms with E-state index in [9.17, 15) is 14.7 Å². The van der Waals surface area contributed by atoms with E-state index in [1.165, 1.54) is 5.56 Å². The van der Waals surface area contributed by atoms with Crippen LogP contribution in [0.2, 0.25) is 0 Å². The maximum absolute atomic E-state index is 12.7. The molecule has 0 saturated heterocycles. The zero-order valence-corrected chi connectivity index (χ0v) is 20.7. The van der Waals surface area contributed by atoms with E-state index in [-0.39, 0.29) is 16.5 Å². The van der Waals surface area contributed by atoms with E-state index in [4.69, 9.17) is 4.74 Å². The van der Waals surface area contributed by atoms with Crippen molar-refractivity contribution in [3.63, 3.8) is 0 Å². The first kappa shape index (κ1) is 25.9. The molecule has 0 spiro atoms. The van der Waals surface area contributed by atoms with Crippen LogP contribution in [0.3, 0.4) is 0 Å². The molecule has 0 atom stereocenters. The van der Waals surface area contributed by atoms with Crippen molar-refractivity contribution in [1.82, 2.24) is 15.2 Å². The van der Waals surface area contributed by atoms with Crippen LogP contribution in [0.4, 0.5) is 0 Å². The van der Waals surface area contributed by atoms with Gasteiger partial charge >= 0.3 is 4.87 Å². The van der Waals surface area contributed by atoms with Gasteiger partial charge in [0.2, 0.25) is 5.91 Å². The molecule has 0 aliphatic heterocycles. The lowest BCUT2D eigenvalue weighted by atomic mass is 10.1. The number of thiazole rings is 1. The number of rotatable bonds is 15. The number of fused-ring (bicyclic) bond motifs is 1. The van der Waals surface area contributed by atoms with Gasteiger partial charge in [0, 0.05) is 19.6 Å². The molecular formula is C26H35N3O4S. The Hall–Kier alpha value is -2.68. The van der Waals surface area contributed by atoms with Crippen molar-refractivity contribution in [3.8, 4) is 5.75 Å². The van der Waals surface area contributed by atoms with Gasteiger partial charge in [-0.05, 0) is 43.0 Å². The average molecular weight is 486 g/mol. The molecule has 0 aliphatic rings. The molecule has 0 bridgehead atoms. The summed E-state index contributed by atoms with van der Waals surface area (Å²) < 4.78 is 6.50. The third kappa shape index (κ3) is 7.97. The Morgan fingerprint density at radius 1 is 1.09 bits per heavy atom. The van der Waals surface area contributed by atoms with Crippen LogP contribution >= 0.6 is 11.3 Å². The lowest BCUT2D eigenvalue weighted by Gasteiger charge is -2.23. The number of aromatic amines is 1. The summed E-state index contributed by atoms with van der Waals surface area (Å²) in [5, 5.41) is 13.3. The largest absolute Gasteiger partial charge is 0.506 e. The highest BCUT2D eigenvalue weighted by molar-refractivity contribution is 7.16. The molecule has 1 amide bonds. The monoisotopic (exact) mass is 485 g/mol. The Bertz CT molecular complexity index is 1080. The summed E-state index contributed by atoms with van der Waals surface area (Å²) in [6, 6.07) is 13.7. The summed E-state index contributed by atoms with van der Waals surface area (Å²) in [4.78, 5) is 28.8. The molecule has 8 heteroatoms. The third-order valence-corrected chi connectivity index (χ3v) is 6.70.